The molecule has 0 saturated carbocycles. The van der Waals surface area contributed by atoms with Crippen molar-refractivity contribution in [2.45, 2.75) is 30.4 Å². The summed E-state index contributed by atoms with van der Waals surface area (Å²) >= 11 is 0. The van der Waals surface area contributed by atoms with Gasteiger partial charge in [-0.25, -0.2) is 13.1 Å². The van der Waals surface area contributed by atoms with Crippen molar-refractivity contribution in [2.24, 2.45) is 0 Å². The summed E-state index contributed by atoms with van der Waals surface area (Å²) in [5, 5.41) is 9.18. The number of rotatable bonds is 5. The lowest BCUT2D eigenvalue weighted by atomic mass is 10.1. The molecule has 0 aliphatic carbocycles. The first kappa shape index (κ1) is 16.2. The predicted molar refractivity (Wildman–Crippen MR) is 79.8 cm³/mol. The Hall–Kier alpha value is -1.15. The number of ether oxygens (including phenoxy) is 1. The average Bonchev–Trinajstić information content (AvgIpc) is 2.46. The lowest BCUT2D eigenvalue weighted by molar-refractivity contribution is 0.242. The van der Waals surface area contributed by atoms with Gasteiger partial charge in [-0.2, -0.15) is 0 Å². The molecule has 1 heterocycles. The van der Waals surface area contributed by atoms with E-state index < -0.39 is 10.0 Å². The Morgan fingerprint density at radius 3 is 2.86 bits per heavy atom. The number of aliphatic hydroxyl groups is 1. The summed E-state index contributed by atoms with van der Waals surface area (Å²) in [6, 6.07) is 4.56. The second-order valence-electron chi connectivity index (χ2n) is 5.37. The van der Waals surface area contributed by atoms with Gasteiger partial charge < -0.3 is 14.7 Å². The fourth-order valence-corrected chi connectivity index (χ4v) is 4.06. The molecule has 0 bridgehead atoms. The Labute approximate surface area is 125 Å². The van der Waals surface area contributed by atoms with Crippen molar-refractivity contribution in [3.05, 3.63) is 23.8 Å². The number of piperidine rings is 1. The van der Waals surface area contributed by atoms with Crippen LogP contribution in [0.5, 0.6) is 5.75 Å². The minimum absolute atomic E-state index is 0.0739. The van der Waals surface area contributed by atoms with Crippen molar-refractivity contribution in [1.82, 2.24) is 9.62 Å². The summed E-state index contributed by atoms with van der Waals surface area (Å²) in [6.07, 6.45) is 1.79. The summed E-state index contributed by atoms with van der Waals surface area (Å²) < 4.78 is 33.0. The minimum atomic E-state index is -3.67. The minimum Gasteiger partial charge on any atom is -0.495 e. The van der Waals surface area contributed by atoms with Crippen LogP contribution in [0.4, 0.5) is 0 Å². The highest BCUT2D eigenvalue weighted by Gasteiger charge is 2.26. The molecule has 1 aromatic carbocycles. The monoisotopic (exact) mass is 314 g/mol. The van der Waals surface area contributed by atoms with Crippen LogP contribution in [0.2, 0.25) is 0 Å². The van der Waals surface area contributed by atoms with Gasteiger partial charge in [-0.3, -0.25) is 0 Å². The quantitative estimate of drug-likeness (QED) is 0.830. The van der Waals surface area contributed by atoms with E-state index in [0.717, 1.165) is 19.4 Å². The van der Waals surface area contributed by atoms with Crippen LogP contribution in [0.25, 0.3) is 0 Å². The van der Waals surface area contributed by atoms with Gasteiger partial charge in [0.05, 0.1) is 13.7 Å². The van der Waals surface area contributed by atoms with E-state index in [0.29, 0.717) is 12.1 Å². The van der Waals surface area contributed by atoms with E-state index in [1.54, 1.807) is 12.1 Å². The number of nitrogens with zero attached hydrogens (tertiary/aromatic N) is 1. The van der Waals surface area contributed by atoms with Crippen LogP contribution in [0.1, 0.15) is 18.4 Å². The summed E-state index contributed by atoms with van der Waals surface area (Å²) in [6.45, 7) is 1.47. The molecule has 1 fully saturated rings. The Bertz CT molecular complexity index is 589. The first-order valence-corrected chi connectivity index (χ1v) is 8.43. The standard InChI is InChI=1S/C14H22N2O4S/c1-16-7-3-4-12(9-16)15-21(18,19)14-8-11(10-17)5-6-13(14)20-2/h5-6,8,12,15,17H,3-4,7,9-10H2,1-2H3. The van der Waals surface area contributed by atoms with Crippen molar-refractivity contribution in [3.8, 4) is 5.75 Å². The summed E-state index contributed by atoms with van der Waals surface area (Å²) in [4.78, 5) is 2.18. The van der Waals surface area contributed by atoms with Crippen LogP contribution in [0.3, 0.4) is 0 Å². The molecule has 1 unspecified atom stereocenters. The van der Waals surface area contributed by atoms with Crippen LogP contribution in [0.15, 0.2) is 23.1 Å². The zero-order valence-electron chi connectivity index (χ0n) is 12.4. The number of nitrogens with one attached hydrogen (secondary N) is 1. The molecule has 0 radical (unpaired) electrons. The van der Waals surface area contributed by atoms with E-state index in [1.807, 2.05) is 7.05 Å². The molecule has 0 amide bonds. The molecular formula is C14H22N2O4S. The number of hydrogen-bond acceptors (Lipinski definition) is 5. The average molecular weight is 314 g/mol. The maximum absolute atomic E-state index is 12.6. The van der Waals surface area contributed by atoms with Gasteiger partial charge in [0.25, 0.3) is 0 Å². The van der Waals surface area contributed by atoms with E-state index in [1.165, 1.54) is 13.2 Å². The number of sulfonamides is 1. The lowest BCUT2D eigenvalue weighted by Gasteiger charge is -2.30. The molecule has 1 atom stereocenters. The van der Waals surface area contributed by atoms with E-state index in [9.17, 15) is 13.5 Å². The van der Waals surface area contributed by atoms with Gasteiger partial charge >= 0.3 is 0 Å². The third kappa shape index (κ3) is 3.94. The Kier molecular flexibility index (Phi) is 5.21. The van der Waals surface area contributed by atoms with Gasteiger partial charge in [0, 0.05) is 12.6 Å². The summed E-state index contributed by atoms with van der Waals surface area (Å²) in [5.74, 6) is 0.281. The van der Waals surface area contributed by atoms with Crippen LogP contribution < -0.4 is 9.46 Å². The molecule has 1 aliphatic heterocycles. The Morgan fingerprint density at radius 1 is 1.48 bits per heavy atom. The zero-order chi connectivity index (χ0) is 15.5. The molecule has 2 rings (SSSR count). The Morgan fingerprint density at radius 2 is 2.24 bits per heavy atom. The molecule has 6 nitrogen and oxygen atoms in total. The first-order valence-electron chi connectivity index (χ1n) is 6.95. The van der Waals surface area contributed by atoms with Crippen LogP contribution in [-0.4, -0.2) is 51.7 Å². The molecule has 0 aromatic heterocycles. The third-order valence-corrected chi connectivity index (χ3v) is 5.19. The molecule has 2 N–H and O–H groups in total. The van der Waals surface area contributed by atoms with Gasteiger partial charge in [-0.15, -0.1) is 0 Å². The highest BCUT2D eigenvalue weighted by Crippen LogP contribution is 2.25. The van der Waals surface area contributed by atoms with Crippen LogP contribution in [-0.2, 0) is 16.6 Å². The molecule has 118 valence electrons. The highest BCUT2D eigenvalue weighted by atomic mass is 32.2. The van der Waals surface area contributed by atoms with Crippen molar-refractivity contribution in [1.29, 1.82) is 0 Å². The summed E-state index contributed by atoms with van der Waals surface area (Å²) in [5.41, 5.74) is 0.539. The van der Waals surface area contributed by atoms with Gasteiger partial charge in [-0.05, 0) is 44.1 Å². The van der Waals surface area contributed by atoms with Crippen LogP contribution >= 0.6 is 0 Å². The van der Waals surface area contributed by atoms with Gasteiger partial charge in [0.1, 0.15) is 10.6 Å². The molecule has 1 aromatic rings. The lowest BCUT2D eigenvalue weighted by Crippen LogP contribution is -2.46. The van der Waals surface area contributed by atoms with Gasteiger partial charge in [0.15, 0.2) is 0 Å². The normalized spacial score (nSPS) is 20.4. The molecule has 0 spiro atoms. The fraction of sp³-hybridized carbons (Fsp3) is 0.571. The second kappa shape index (κ2) is 6.74. The van der Waals surface area contributed by atoms with Crippen molar-refractivity contribution >= 4 is 10.0 Å². The summed E-state index contributed by atoms with van der Waals surface area (Å²) in [7, 11) is -0.260. The molecule has 7 heteroatoms. The van der Waals surface area contributed by atoms with Gasteiger partial charge in [0.2, 0.25) is 10.0 Å². The number of likely N-dealkylation sites (tertiary alicyclic amines) is 1. The van der Waals surface area contributed by atoms with E-state index in [2.05, 4.69) is 9.62 Å². The van der Waals surface area contributed by atoms with E-state index in [4.69, 9.17) is 4.74 Å². The van der Waals surface area contributed by atoms with E-state index >= 15 is 0 Å². The largest absolute Gasteiger partial charge is 0.495 e. The number of aliphatic hydroxyl groups excluding tert-OH is 1. The Balaban J connectivity index is 2.26. The first-order chi connectivity index (χ1) is 9.96. The number of hydrogen-bond donors (Lipinski definition) is 2. The number of likely N-dealkylation sites (N-methyl/N-ethyl adjacent to an activating group) is 1. The molecular weight excluding hydrogens is 292 g/mol. The van der Waals surface area contributed by atoms with Crippen molar-refractivity contribution in [3.63, 3.8) is 0 Å². The molecule has 1 saturated heterocycles. The molecule has 1 aliphatic rings. The SMILES string of the molecule is COc1ccc(CO)cc1S(=O)(=O)NC1CCCN(C)C1. The number of methoxy groups -OCH3 is 1. The maximum Gasteiger partial charge on any atom is 0.244 e. The van der Waals surface area contributed by atoms with Crippen LogP contribution in [0, 0.1) is 0 Å². The van der Waals surface area contributed by atoms with E-state index in [-0.39, 0.29) is 23.3 Å². The second-order valence-corrected chi connectivity index (χ2v) is 7.05. The van der Waals surface area contributed by atoms with Gasteiger partial charge in [-0.1, -0.05) is 6.07 Å². The zero-order valence-corrected chi connectivity index (χ0v) is 13.2. The third-order valence-electron chi connectivity index (χ3n) is 3.65. The topological polar surface area (TPSA) is 78.9 Å². The smallest absolute Gasteiger partial charge is 0.244 e. The van der Waals surface area contributed by atoms with Crippen molar-refractivity contribution in [2.75, 3.05) is 27.2 Å². The number of benzene rings is 1. The fourth-order valence-electron chi connectivity index (χ4n) is 2.57. The maximum atomic E-state index is 12.6. The highest BCUT2D eigenvalue weighted by molar-refractivity contribution is 7.89. The predicted octanol–water partition coefficient (Wildman–Crippen LogP) is 0.560. The van der Waals surface area contributed by atoms with Crippen molar-refractivity contribution < 1.29 is 18.3 Å². The molecule has 21 heavy (non-hydrogen) atoms.